The van der Waals surface area contributed by atoms with E-state index in [1.54, 1.807) is 26.4 Å². The molecule has 0 aliphatic rings. The Hall–Kier alpha value is -3.39. The van der Waals surface area contributed by atoms with Gasteiger partial charge in [-0.15, -0.1) is 0 Å². The number of hydrogen-bond acceptors (Lipinski definition) is 6. The van der Waals surface area contributed by atoms with Crippen LogP contribution in [0.3, 0.4) is 0 Å². The fourth-order valence-electron chi connectivity index (χ4n) is 3.36. The number of nitrogens with zero attached hydrogens (tertiary/aromatic N) is 2. The summed E-state index contributed by atoms with van der Waals surface area (Å²) in [5.41, 5.74) is 2.02. The Labute approximate surface area is 193 Å². The number of methoxy groups -OCH3 is 2. The van der Waals surface area contributed by atoms with Gasteiger partial charge in [0.2, 0.25) is 5.89 Å². The third-order valence-electron chi connectivity index (χ3n) is 5.57. The molecule has 0 aliphatic heterocycles. The normalized spacial score (nSPS) is 11.9. The zero-order valence-electron chi connectivity index (χ0n) is 19.4. The average Bonchev–Trinajstić information content (AvgIpc) is 3.31. The van der Waals surface area contributed by atoms with E-state index in [4.69, 9.17) is 13.9 Å². The van der Waals surface area contributed by atoms with Gasteiger partial charge in [0.1, 0.15) is 23.6 Å². The average molecular weight is 456 g/mol. The van der Waals surface area contributed by atoms with Gasteiger partial charge in [-0.05, 0) is 37.1 Å². The molecule has 33 heavy (non-hydrogen) atoms. The molecule has 0 saturated carbocycles. The summed E-state index contributed by atoms with van der Waals surface area (Å²) in [6.07, 6.45) is 2.29. The van der Waals surface area contributed by atoms with Crippen molar-refractivity contribution in [2.24, 2.45) is 0 Å². The lowest BCUT2D eigenvalue weighted by molar-refractivity contribution is 0.0945. The van der Waals surface area contributed by atoms with E-state index in [-0.39, 0.29) is 30.0 Å². The lowest BCUT2D eigenvalue weighted by atomic mass is 10.1. The Morgan fingerprint density at radius 2 is 1.91 bits per heavy atom. The summed E-state index contributed by atoms with van der Waals surface area (Å²) in [6.45, 7) is 5.59. The van der Waals surface area contributed by atoms with Crippen LogP contribution < -0.4 is 14.8 Å². The number of benzene rings is 2. The monoisotopic (exact) mass is 455 g/mol. The van der Waals surface area contributed by atoms with Crippen molar-refractivity contribution in [3.8, 4) is 11.5 Å². The van der Waals surface area contributed by atoms with Crippen LogP contribution in [0.25, 0.3) is 0 Å². The molecular weight excluding hydrogens is 425 g/mol. The van der Waals surface area contributed by atoms with E-state index >= 15 is 0 Å². The van der Waals surface area contributed by atoms with Crippen LogP contribution in [0.2, 0.25) is 0 Å². The van der Waals surface area contributed by atoms with Crippen LogP contribution in [0.15, 0.2) is 53.1 Å². The second kappa shape index (κ2) is 11.5. The summed E-state index contributed by atoms with van der Waals surface area (Å²) in [4.78, 5) is 19.1. The minimum atomic E-state index is -0.346. The summed E-state index contributed by atoms with van der Waals surface area (Å²) in [5, 5.41) is 2.78. The van der Waals surface area contributed by atoms with Crippen molar-refractivity contribution in [1.82, 2.24) is 15.2 Å². The van der Waals surface area contributed by atoms with Crippen molar-refractivity contribution >= 4 is 5.91 Å². The highest BCUT2D eigenvalue weighted by molar-refractivity contribution is 5.91. The largest absolute Gasteiger partial charge is 0.497 e. The predicted octanol–water partition coefficient (Wildman–Crippen LogP) is 4.56. The molecule has 1 amide bonds. The molecule has 3 aromatic rings. The first-order chi connectivity index (χ1) is 15.9. The van der Waals surface area contributed by atoms with E-state index in [9.17, 15) is 9.18 Å². The topological polar surface area (TPSA) is 76.8 Å². The van der Waals surface area contributed by atoms with Crippen LogP contribution in [0, 0.1) is 5.82 Å². The van der Waals surface area contributed by atoms with Crippen LogP contribution in [0.5, 0.6) is 11.5 Å². The second-order valence-electron chi connectivity index (χ2n) is 7.78. The Morgan fingerprint density at radius 3 is 2.58 bits per heavy atom. The molecular formula is C25H30FN3O4. The van der Waals surface area contributed by atoms with Crippen LogP contribution in [0.1, 0.15) is 47.8 Å². The van der Waals surface area contributed by atoms with Crippen molar-refractivity contribution in [3.05, 3.63) is 77.3 Å². The minimum Gasteiger partial charge on any atom is -0.497 e. The first-order valence-corrected chi connectivity index (χ1v) is 10.9. The summed E-state index contributed by atoms with van der Waals surface area (Å²) < 4.78 is 29.4. The second-order valence-corrected chi connectivity index (χ2v) is 7.78. The Morgan fingerprint density at radius 1 is 1.15 bits per heavy atom. The lowest BCUT2D eigenvalue weighted by Crippen LogP contribution is -2.32. The van der Waals surface area contributed by atoms with Gasteiger partial charge in [0.05, 0.1) is 20.8 Å². The van der Waals surface area contributed by atoms with Gasteiger partial charge in [-0.2, -0.15) is 0 Å². The molecule has 0 bridgehead atoms. The van der Waals surface area contributed by atoms with Gasteiger partial charge >= 0.3 is 0 Å². The van der Waals surface area contributed by atoms with Crippen LogP contribution in [-0.4, -0.2) is 36.1 Å². The van der Waals surface area contributed by atoms with Crippen LogP contribution in [-0.2, 0) is 19.6 Å². The number of rotatable bonds is 11. The number of amides is 1. The number of carbonyl (C=O) groups is 1. The molecule has 1 atom stereocenters. The van der Waals surface area contributed by atoms with E-state index in [0.29, 0.717) is 19.0 Å². The zero-order valence-corrected chi connectivity index (χ0v) is 19.4. The fraction of sp³-hybridized carbons (Fsp3) is 0.360. The number of carbonyl (C=O) groups excluding carboxylic acids is 1. The van der Waals surface area contributed by atoms with Crippen molar-refractivity contribution in [1.29, 1.82) is 0 Å². The maximum absolute atomic E-state index is 13.0. The number of nitrogens with one attached hydrogen (secondary N) is 1. The molecule has 0 fully saturated rings. The third kappa shape index (κ3) is 6.55. The van der Waals surface area contributed by atoms with Crippen molar-refractivity contribution < 1.29 is 23.1 Å². The van der Waals surface area contributed by atoms with E-state index in [1.807, 2.05) is 18.2 Å². The molecule has 0 unspecified atom stereocenters. The first-order valence-electron chi connectivity index (χ1n) is 10.9. The number of aromatic nitrogens is 1. The Balaban J connectivity index is 1.66. The highest BCUT2D eigenvalue weighted by Crippen LogP contribution is 2.27. The predicted molar refractivity (Wildman–Crippen MR) is 123 cm³/mol. The molecule has 1 N–H and O–H groups in total. The van der Waals surface area contributed by atoms with E-state index < -0.39 is 0 Å². The first kappa shape index (κ1) is 24.3. The molecule has 1 aromatic heterocycles. The molecule has 1 heterocycles. The summed E-state index contributed by atoms with van der Waals surface area (Å²) >= 11 is 0. The number of hydrogen-bond donors (Lipinski definition) is 1. The quantitative estimate of drug-likeness (QED) is 0.457. The van der Waals surface area contributed by atoms with Crippen LogP contribution >= 0.6 is 0 Å². The maximum atomic E-state index is 13.0. The van der Waals surface area contributed by atoms with Crippen molar-refractivity contribution in [2.45, 2.75) is 45.9 Å². The van der Waals surface area contributed by atoms with Crippen molar-refractivity contribution in [2.75, 3.05) is 14.2 Å². The third-order valence-corrected chi connectivity index (χ3v) is 5.57. The van der Waals surface area contributed by atoms with Gasteiger partial charge in [-0.25, -0.2) is 9.37 Å². The SMILES string of the molecule is CC[C@H](C)N(Cc1nc(C(=O)NCc2ccc(F)cc2)co1)Cc1ccc(OC)cc1OC. The van der Waals surface area contributed by atoms with Crippen molar-refractivity contribution in [3.63, 3.8) is 0 Å². The lowest BCUT2D eigenvalue weighted by Gasteiger charge is -2.27. The molecule has 0 saturated heterocycles. The molecule has 7 nitrogen and oxygen atoms in total. The Kier molecular flexibility index (Phi) is 8.43. The molecule has 8 heteroatoms. The summed E-state index contributed by atoms with van der Waals surface area (Å²) in [7, 11) is 3.26. The summed E-state index contributed by atoms with van der Waals surface area (Å²) in [6, 6.07) is 12.0. The zero-order chi connectivity index (χ0) is 23.8. The van der Waals surface area contributed by atoms with Crippen LogP contribution in [0.4, 0.5) is 4.39 Å². The van der Waals surface area contributed by atoms with Gasteiger partial charge in [-0.3, -0.25) is 9.69 Å². The minimum absolute atomic E-state index is 0.207. The molecule has 176 valence electrons. The maximum Gasteiger partial charge on any atom is 0.273 e. The number of halogens is 1. The molecule has 0 spiro atoms. The highest BCUT2D eigenvalue weighted by Gasteiger charge is 2.20. The molecule has 0 aliphatic carbocycles. The van der Waals surface area contributed by atoms with Gasteiger partial charge in [0.25, 0.3) is 5.91 Å². The van der Waals surface area contributed by atoms with Gasteiger partial charge in [-0.1, -0.05) is 25.1 Å². The molecule has 0 radical (unpaired) electrons. The standard InChI is InChI=1S/C25H30FN3O4/c1-5-17(2)29(14-19-8-11-21(31-3)12-23(19)32-4)15-24-28-22(16-33-24)25(30)27-13-18-6-9-20(26)10-7-18/h6-12,16-17H,5,13-15H2,1-4H3,(H,27,30)/t17-/m0/s1. The Bertz CT molecular complexity index is 1050. The smallest absolute Gasteiger partial charge is 0.273 e. The van der Waals surface area contributed by atoms with Gasteiger partial charge < -0.3 is 19.2 Å². The fourth-order valence-corrected chi connectivity index (χ4v) is 3.36. The van der Waals surface area contributed by atoms with E-state index in [0.717, 1.165) is 29.0 Å². The highest BCUT2D eigenvalue weighted by atomic mass is 19.1. The van der Waals surface area contributed by atoms with Gasteiger partial charge in [0.15, 0.2) is 5.69 Å². The summed E-state index contributed by atoms with van der Waals surface area (Å²) in [5.74, 6) is 1.27. The van der Waals surface area contributed by atoms with E-state index in [2.05, 4.69) is 29.0 Å². The molecule has 2 aromatic carbocycles. The van der Waals surface area contributed by atoms with Gasteiger partial charge in [0, 0.05) is 30.8 Å². The molecule has 3 rings (SSSR count). The number of ether oxygens (including phenoxy) is 2. The number of oxazole rings is 1. The van der Waals surface area contributed by atoms with E-state index in [1.165, 1.54) is 18.4 Å².